The summed E-state index contributed by atoms with van der Waals surface area (Å²) < 4.78 is 0. The van der Waals surface area contributed by atoms with Crippen LogP contribution >= 0.6 is 0 Å². The first-order valence-electron chi connectivity index (χ1n) is 7.01. The van der Waals surface area contributed by atoms with Crippen molar-refractivity contribution in [3.05, 3.63) is 35.7 Å². The second-order valence-electron chi connectivity index (χ2n) is 5.29. The summed E-state index contributed by atoms with van der Waals surface area (Å²) in [5.41, 5.74) is 3.90. The Morgan fingerprint density at radius 1 is 1.26 bits per heavy atom. The van der Waals surface area contributed by atoms with Crippen LogP contribution in [0.25, 0.3) is 5.57 Å². The second kappa shape index (κ2) is 6.50. The Morgan fingerprint density at radius 3 is 2.74 bits per heavy atom. The van der Waals surface area contributed by atoms with Crippen molar-refractivity contribution < 1.29 is 4.79 Å². The molecule has 0 radical (unpaired) electrons. The minimum absolute atomic E-state index is 0.207. The summed E-state index contributed by atoms with van der Waals surface area (Å²) in [6.45, 7) is 0. The van der Waals surface area contributed by atoms with Crippen LogP contribution in [0.15, 0.2) is 30.0 Å². The Hall–Kier alpha value is -1.64. The number of nitrogens with zero attached hydrogens (tertiary/aromatic N) is 2. The van der Waals surface area contributed by atoms with Crippen LogP contribution in [0.5, 0.6) is 0 Å². The first kappa shape index (κ1) is 13.8. The average Bonchev–Trinajstić information content (AvgIpc) is 2.46. The summed E-state index contributed by atoms with van der Waals surface area (Å²) in [5, 5.41) is 0. The highest BCUT2D eigenvalue weighted by atomic mass is 16.2. The maximum atomic E-state index is 11.7. The van der Waals surface area contributed by atoms with Crippen LogP contribution in [0.1, 0.15) is 44.2 Å². The number of hydrogen-bond donors (Lipinski definition) is 0. The molecule has 102 valence electrons. The van der Waals surface area contributed by atoms with Gasteiger partial charge in [-0.15, -0.1) is 0 Å². The molecule has 0 bridgehead atoms. The van der Waals surface area contributed by atoms with E-state index in [2.05, 4.69) is 11.1 Å². The van der Waals surface area contributed by atoms with Gasteiger partial charge in [0.25, 0.3) is 0 Å². The summed E-state index contributed by atoms with van der Waals surface area (Å²) in [6.07, 6.45) is 8.02. The summed E-state index contributed by atoms with van der Waals surface area (Å²) in [6, 6.07) is 6.06. The fourth-order valence-electron chi connectivity index (χ4n) is 2.58. The molecule has 19 heavy (non-hydrogen) atoms. The molecule has 0 atom stereocenters. The van der Waals surface area contributed by atoms with Crippen LogP contribution in [0, 0.1) is 0 Å². The molecule has 0 unspecified atom stereocenters. The van der Waals surface area contributed by atoms with Crippen LogP contribution in [0.2, 0.25) is 0 Å². The molecule has 1 aromatic heterocycles. The molecule has 1 heterocycles. The lowest BCUT2D eigenvalue weighted by atomic mass is 9.87. The maximum absolute atomic E-state index is 11.7. The zero-order valence-corrected chi connectivity index (χ0v) is 11.9. The quantitative estimate of drug-likeness (QED) is 0.830. The van der Waals surface area contributed by atoms with Crippen molar-refractivity contribution >= 4 is 11.5 Å². The number of pyridine rings is 1. The van der Waals surface area contributed by atoms with Crippen molar-refractivity contribution in [2.24, 2.45) is 0 Å². The van der Waals surface area contributed by atoms with Crippen LogP contribution in [-0.2, 0) is 4.79 Å². The Kier molecular flexibility index (Phi) is 4.72. The molecule has 3 nitrogen and oxygen atoms in total. The van der Waals surface area contributed by atoms with E-state index in [1.54, 1.807) is 4.90 Å². The smallest absolute Gasteiger partial charge is 0.222 e. The fourth-order valence-corrected chi connectivity index (χ4v) is 2.58. The highest BCUT2D eigenvalue weighted by molar-refractivity contribution is 5.76. The number of carbonyl (C=O) groups is 1. The van der Waals surface area contributed by atoms with E-state index in [0.717, 1.165) is 25.0 Å². The number of allylic oxidation sites excluding steroid dienone is 2. The van der Waals surface area contributed by atoms with Gasteiger partial charge in [-0.25, -0.2) is 0 Å². The average molecular weight is 258 g/mol. The monoisotopic (exact) mass is 258 g/mol. The molecule has 0 saturated carbocycles. The highest BCUT2D eigenvalue weighted by Gasteiger charge is 2.16. The SMILES string of the molecule is CN(C)C(=O)CCC1=C(c2ccccn2)CCCC1. The Labute approximate surface area is 115 Å². The summed E-state index contributed by atoms with van der Waals surface area (Å²) in [4.78, 5) is 17.8. The van der Waals surface area contributed by atoms with Gasteiger partial charge >= 0.3 is 0 Å². The Balaban J connectivity index is 2.14. The molecule has 0 spiro atoms. The van der Waals surface area contributed by atoms with E-state index >= 15 is 0 Å². The topological polar surface area (TPSA) is 33.2 Å². The van der Waals surface area contributed by atoms with Gasteiger partial charge < -0.3 is 4.90 Å². The zero-order valence-electron chi connectivity index (χ0n) is 11.9. The van der Waals surface area contributed by atoms with E-state index in [9.17, 15) is 4.79 Å². The van der Waals surface area contributed by atoms with E-state index in [1.807, 2.05) is 32.4 Å². The summed E-state index contributed by atoms with van der Waals surface area (Å²) >= 11 is 0. The van der Waals surface area contributed by atoms with Gasteiger partial charge in [-0.2, -0.15) is 0 Å². The van der Waals surface area contributed by atoms with Crippen LogP contribution in [0.4, 0.5) is 0 Å². The molecular formula is C16H22N2O. The summed E-state index contributed by atoms with van der Waals surface area (Å²) in [7, 11) is 3.63. The minimum atomic E-state index is 0.207. The lowest BCUT2D eigenvalue weighted by molar-refractivity contribution is -0.128. The molecule has 0 aliphatic heterocycles. The largest absolute Gasteiger partial charge is 0.349 e. The van der Waals surface area contributed by atoms with E-state index in [1.165, 1.54) is 24.0 Å². The van der Waals surface area contributed by atoms with E-state index < -0.39 is 0 Å². The number of amides is 1. The number of aromatic nitrogens is 1. The van der Waals surface area contributed by atoms with Crippen LogP contribution < -0.4 is 0 Å². The van der Waals surface area contributed by atoms with Gasteiger partial charge in [0.15, 0.2) is 0 Å². The molecule has 0 N–H and O–H groups in total. The van der Waals surface area contributed by atoms with Crippen molar-refractivity contribution in [2.75, 3.05) is 14.1 Å². The molecular weight excluding hydrogens is 236 g/mol. The van der Waals surface area contributed by atoms with E-state index in [4.69, 9.17) is 0 Å². The minimum Gasteiger partial charge on any atom is -0.349 e. The van der Waals surface area contributed by atoms with E-state index in [0.29, 0.717) is 6.42 Å². The second-order valence-corrected chi connectivity index (χ2v) is 5.29. The zero-order chi connectivity index (χ0) is 13.7. The van der Waals surface area contributed by atoms with Gasteiger partial charge in [-0.05, 0) is 49.8 Å². The summed E-state index contributed by atoms with van der Waals surface area (Å²) in [5.74, 6) is 0.207. The molecule has 1 aliphatic rings. The van der Waals surface area contributed by atoms with Crippen molar-refractivity contribution in [2.45, 2.75) is 38.5 Å². The van der Waals surface area contributed by atoms with Crippen molar-refractivity contribution in [1.82, 2.24) is 9.88 Å². The van der Waals surface area contributed by atoms with Crippen molar-refractivity contribution in [3.63, 3.8) is 0 Å². The first-order chi connectivity index (χ1) is 9.18. The van der Waals surface area contributed by atoms with E-state index in [-0.39, 0.29) is 5.91 Å². The molecule has 0 saturated heterocycles. The highest BCUT2D eigenvalue weighted by Crippen LogP contribution is 2.33. The van der Waals surface area contributed by atoms with Crippen LogP contribution in [-0.4, -0.2) is 29.9 Å². The Bertz CT molecular complexity index is 463. The van der Waals surface area contributed by atoms with Crippen molar-refractivity contribution in [3.8, 4) is 0 Å². The first-order valence-corrected chi connectivity index (χ1v) is 7.01. The van der Waals surface area contributed by atoms with Gasteiger partial charge in [0.2, 0.25) is 5.91 Å². The predicted octanol–water partition coefficient (Wildman–Crippen LogP) is 3.28. The van der Waals surface area contributed by atoms with Gasteiger partial charge in [0.05, 0.1) is 5.69 Å². The van der Waals surface area contributed by atoms with Gasteiger partial charge in [-0.3, -0.25) is 9.78 Å². The lowest BCUT2D eigenvalue weighted by Gasteiger charge is -2.20. The maximum Gasteiger partial charge on any atom is 0.222 e. The normalized spacial score (nSPS) is 15.5. The number of carbonyl (C=O) groups excluding carboxylic acids is 1. The van der Waals surface area contributed by atoms with Gasteiger partial charge in [-0.1, -0.05) is 11.6 Å². The molecule has 2 rings (SSSR count). The third-order valence-corrected chi connectivity index (χ3v) is 3.70. The molecule has 3 heteroatoms. The molecule has 0 aromatic carbocycles. The molecule has 1 amide bonds. The van der Waals surface area contributed by atoms with Crippen LogP contribution in [0.3, 0.4) is 0 Å². The van der Waals surface area contributed by atoms with Crippen molar-refractivity contribution in [1.29, 1.82) is 0 Å². The van der Waals surface area contributed by atoms with Gasteiger partial charge in [0, 0.05) is 26.7 Å². The molecule has 1 aromatic rings. The lowest BCUT2D eigenvalue weighted by Crippen LogP contribution is -2.21. The molecule has 1 aliphatic carbocycles. The molecule has 0 fully saturated rings. The number of rotatable bonds is 4. The Morgan fingerprint density at radius 2 is 2.05 bits per heavy atom. The standard InChI is InChI=1S/C16H22N2O/c1-18(2)16(19)11-10-13-7-3-4-8-14(13)15-9-5-6-12-17-15/h5-6,9,12H,3-4,7-8,10-11H2,1-2H3. The van der Waals surface area contributed by atoms with Gasteiger partial charge in [0.1, 0.15) is 0 Å². The number of hydrogen-bond acceptors (Lipinski definition) is 2. The third-order valence-electron chi connectivity index (χ3n) is 3.70. The third kappa shape index (κ3) is 3.66. The fraction of sp³-hybridized carbons (Fsp3) is 0.500. The predicted molar refractivity (Wildman–Crippen MR) is 77.6 cm³/mol.